The predicted octanol–water partition coefficient (Wildman–Crippen LogP) is 2.07. The number of nitrogens with two attached hydrogens (primary N) is 1. The van der Waals surface area contributed by atoms with E-state index in [1.165, 1.54) is 0 Å². The van der Waals surface area contributed by atoms with Crippen LogP contribution in [0.5, 0.6) is 0 Å². The Labute approximate surface area is 132 Å². The molecular weight excluding hydrogens is 302 g/mol. The second-order valence-electron chi connectivity index (χ2n) is 6.37. The Bertz CT molecular complexity index is 648. The van der Waals surface area contributed by atoms with Gasteiger partial charge in [0.2, 0.25) is 15.9 Å². The standard InChI is InChI=1S/C15H25N3O3S/c1-6-22(20,21)18-12-8-7-11(9-10(12)2)17-14(19)13(16)15(3,4)5/h7-9,13,18H,6,16H2,1-5H3,(H,17,19)/t13-/m1/s1. The first-order valence-corrected chi connectivity index (χ1v) is 8.79. The van der Waals surface area contributed by atoms with Crippen molar-refractivity contribution in [2.75, 3.05) is 15.8 Å². The summed E-state index contributed by atoms with van der Waals surface area (Å²) < 4.78 is 25.7. The molecule has 1 amide bonds. The van der Waals surface area contributed by atoms with E-state index in [0.717, 1.165) is 5.56 Å². The van der Waals surface area contributed by atoms with Gasteiger partial charge in [-0.1, -0.05) is 20.8 Å². The van der Waals surface area contributed by atoms with Crippen LogP contribution in [0.3, 0.4) is 0 Å². The lowest BCUT2D eigenvalue weighted by atomic mass is 9.87. The number of amides is 1. The summed E-state index contributed by atoms with van der Waals surface area (Å²) in [6.45, 7) is 9.02. The molecule has 0 saturated carbocycles. The first-order valence-electron chi connectivity index (χ1n) is 7.14. The number of nitrogens with one attached hydrogen (secondary N) is 2. The molecule has 124 valence electrons. The van der Waals surface area contributed by atoms with Gasteiger partial charge in [-0.2, -0.15) is 0 Å². The molecule has 1 atom stereocenters. The van der Waals surface area contributed by atoms with Gasteiger partial charge in [-0.05, 0) is 43.0 Å². The maximum absolute atomic E-state index is 12.1. The third kappa shape index (κ3) is 4.99. The van der Waals surface area contributed by atoms with Crippen LogP contribution >= 0.6 is 0 Å². The molecule has 0 aliphatic heterocycles. The van der Waals surface area contributed by atoms with Gasteiger partial charge in [-0.25, -0.2) is 8.42 Å². The highest BCUT2D eigenvalue weighted by Crippen LogP contribution is 2.23. The number of benzene rings is 1. The molecule has 0 aliphatic carbocycles. The van der Waals surface area contributed by atoms with E-state index in [2.05, 4.69) is 10.0 Å². The van der Waals surface area contributed by atoms with Crippen LogP contribution in [0, 0.1) is 12.3 Å². The maximum atomic E-state index is 12.1. The number of carbonyl (C=O) groups excluding carboxylic acids is 1. The zero-order valence-electron chi connectivity index (χ0n) is 13.7. The Morgan fingerprint density at radius 3 is 2.36 bits per heavy atom. The third-order valence-electron chi connectivity index (χ3n) is 3.35. The maximum Gasteiger partial charge on any atom is 0.241 e. The number of carbonyl (C=O) groups is 1. The Hall–Kier alpha value is -1.60. The molecule has 0 radical (unpaired) electrons. The van der Waals surface area contributed by atoms with Gasteiger partial charge in [-0.3, -0.25) is 9.52 Å². The number of anilines is 2. The Kier molecular flexibility index (Phi) is 5.59. The summed E-state index contributed by atoms with van der Waals surface area (Å²) in [6, 6.07) is 4.35. The van der Waals surface area contributed by atoms with Gasteiger partial charge in [0.15, 0.2) is 0 Å². The summed E-state index contributed by atoms with van der Waals surface area (Å²) in [5.41, 5.74) is 7.38. The summed E-state index contributed by atoms with van der Waals surface area (Å²) in [7, 11) is -3.32. The average molecular weight is 327 g/mol. The molecule has 4 N–H and O–H groups in total. The molecule has 0 unspecified atom stereocenters. The number of hydrogen-bond donors (Lipinski definition) is 3. The fraction of sp³-hybridized carbons (Fsp3) is 0.533. The van der Waals surface area contributed by atoms with E-state index in [1.54, 1.807) is 32.0 Å². The summed E-state index contributed by atoms with van der Waals surface area (Å²) in [5, 5.41) is 2.75. The number of rotatable bonds is 5. The van der Waals surface area contributed by atoms with Crippen LogP contribution in [0.2, 0.25) is 0 Å². The number of hydrogen-bond acceptors (Lipinski definition) is 4. The van der Waals surface area contributed by atoms with Crippen molar-refractivity contribution in [3.8, 4) is 0 Å². The summed E-state index contributed by atoms with van der Waals surface area (Å²) in [4.78, 5) is 12.1. The van der Waals surface area contributed by atoms with Crippen molar-refractivity contribution >= 4 is 27.3 Å². The highest BCUT2D eigenvalue weighted by atomic mass is 32.2. The molecular formula is C15H25N3O3S. The smallest absolute Gasteiger partial charge is 0.241 e. The Balaban J connectivity index is 2.89. The molecule has 0 spiro atoms. The van der Waals surface area contributed by atoms with Gasteiger partial charge in [0.1, 0.15) is 0 Å². The van der Waals surface area contributed by atoms with Gasteiger partial charge in [0.05, 0.1) is 17.5 Å². The first kappa shape index (κ1) is 18.4. The van der Waals surface area contributed by atoms with E-state index in [9.17, 15) is 13.2 Å². The predicted molar refractivity (Wildman–Crippen MR) is 90.3 cm³/mol. The lowest BCUT2D eigenvalue weighted by molar-refractivity contribution is -0.119. The fourth-order valence-corrected chi connectivity index (χ4v) is 2.42. The molecule has 1 aromatic carbocycles. The van der Waals surface area contributed by atoms with Gasteiger partial charge in [0, 0.05) is 5.69 Å². The quantitative estimate of drug-likeness (QED) is 0.770. The summed E-state index contributed by atoms with van der Waals surface area (Å²) >= 11 is 0. The van der Waals surface area contributed by atoms with Crippen molar-refractivity contribution in [3.05, 3.63) is 23.8 Å². The summed E-state index contributed by atoms with van der Waals surface area (Å²) in [5.74, 6) is -0.264. The monoisotopic (exact) mass is 327 g/mol. The Morgan fingerprint density at radius 2 is 1.91 bits per heavy atom. The second kappa shape index (κ2) is 6.66. The van der Waals surface area contributed by atoms with Crippen molar-refractivity contribution in [2.45, 2.75) is 40.7 Å². The molecule has 0 aromatic heterocycles. The normalized spacial score (nSPS) is 13.5. The van der Waals surface area contributed by atoms with E-state index < -0.39 is 16.1 Å². The minimum Gasteiger partial charge on any atom is -0.325 e. The van der Waals surface area contributed by atoms with Crippen LogP contribution < -0.4 is 15.8 Å². The van der Waals surface area contributed by atoms with E-state index in [0.29, 0.717) is 11.4 Å². The highest BCUT2D eigenvalue weighted by Gasteiger charge is 2.27. The van der Waals surface area contributed by atoms with Crippen molar-refractivity contribution in [1.29, 1.82) is 0 Å². The third-order valence-corrected chi connectivity index (χ3v) is 4.65. The molecule has 1 rings (SSSR count). The van der Waals surface area contributed by atoms with Crippen LogP contribution in [0.4, 0.5) is 11.4 Å². The molecule has 22 heavy (non-hydrogen) atoms. The molecule has 0 saturated heterocycles. The lowest BCUT2D eigenvalue weighted by Gasteiger charge is -2.26. The topological polar surface area (TPSA) is 101 Å². The lowest BCUT2D eigenvalue weighted by Crippen LogP contribution is -2.45. The van der Waals surface area contributed by atoms with E-state index in [4.69, 9.17) is 5.73 Å². The zero-order chi connectivity index (χ0) is 17.1. The second-order valence-corrected chi connectivity index (χ2v) is 8.38. The fourth-order valence-electron chi connectivity index (χ4n) is 1.71. The molecule has 0 aliphatic rings. The largest absolute Gasteiger partial charge is 0.325 e. The molecule has 0 bridgehead atoms. The zero-order valence-corrected chi connectivity index (χ0v) is 14.5. The Morgan fingerprint density at radius 1 is 1.32 bits per heavy atom. The van der Waals surface area contributed by atoms with Gasteiger partial charge >= 0.3 is 0 Å². The van der Waals surface area contributed by atoms with Crippen LogP contribution in [0.15, 0.2) is 18.2 Å². The van der Waals surface area contributed by atoms with Crippen LogP contribution in [0.1, 0.15) is 33.3 Å². The average Bonchev–Trinajstić information content (AvgIpc) is 2.40. The SMILES string of the molecule is CCS(=O)(=O)Nc1ccc(NC(=O)[C@@H](N)C(C)(C)C)cc1C. The minimum atomic E-state index is -3.32. The number of aryl methyl sites for hydroxylation is 1. The van der Waals surface area contributed by atoms with Crippen LogP contribution in [0.25, 0.3) is 0 Å². The van der Waals surface area contributed by atoms with Crippen molar-refractivity contribution in [3.63, 3.8) is 0 Å². The van der Waals surface area contributed by atoms with Crippen molar-refractivity contribution in [2.24, 2.45) is 11.1 Å². The van der Waals surface area contributed by atoms with Crippen LogP contribution in [-0.4, -0.2) is 26.1 Å². The molecule has 6 nitrogen and oxygen atoms in total. The van der Waals surface area contributed by atoms with E-state index in [-0.39, 0.29) is 17.1 Å². The van der Waals surface area contributed by atoms with Gasteiger partial charge in [-0.15, -0.1) is 0 Å². The minimum absolute atomic E-state index is 0.00532. The first-order chi connectivity index (χ1) is 9.96. The summed E-state index contributed by atoms with van der Waals surface area (Å²) in [6.07, 6.45) is 0. The molecule has 7 heteroatoms. The van der Waals surface area contributed by atoms with Crippen molar-refractivity contribution < 1.29 is 13.2 Å². The molecule has 0 fully saturated rings. The molecule has 1 aromatic rings. The molecule has 0 heterocycles. The highest BCUT2D eigenvalue weighted by molar-refractivity contribution is 7.92. The van der Waals surface area contributed by atoms with Gasteiger partial charge in [0.25, 0.3) is 0 Å². The number of sulfonamides is 1. The van der Waals surface area contributed by atoms with E-state index in [1.807, 2.05) is 20.8 Å². The van der Waals surface area contributed by atoms with Crippen molar-refractivity contribution in [1.82, 2.24) is 0 Å². The van der Waals surface area contributed by atoms with Crippen LogP contribution in [-0.2, 0) is 14.8 Å². The van der Waals surface area contributed by atoms with Gasteiger partial charge < -0.3 is 11.1 Å². The van der Waals surface area contributed by atoms with E-state index >= 15 is 0 Å².